The van der Waals surface area contributed by atoms with E-state index in [1.807, 2.05) is 0 Å². The van der Waals surface area contributed by atoms with Crippen molar-refractivity contribution in [2.75, 3.05) is 0 Å². The van der Waals surface area contributed by atoms with E-state index in [0.717, 1.165) is 0 Å². The number of hydrogen-bond acceptors (Lipinski definition) is 0. The third-order valence-electron chi connectivity index (χ3n) is 6.15. The summed E-state index contributed by atoms with van der Waals surface area (Å²) in [6.07, 6.45) is 9.70. The Labute approximate surface area is 225 Å². The van der Waals surface area contributed by atoms with Gasteiger partial charge in [-0.25, -0.2) is 0 Å². The molecule has 172 valence electrons. The summed E-state index contributed by atoms with van der Waals surface area (Å²) >= 11 is 0.479. The molecule has 4 aromatic rings. The van der Waals surface area contributed by atoms with E-state index in [0.29, 0.717) is 0 Å². The van der Waals surface area contributed by atoms with Crippen LogP contribution in [-0.2, 0) is 0 Å². The SMILES string of the molecule is C1=C(c2ccccc2)[Se]C(c2ccccc2)=CC1=C1C=C(c2ccccc2)[Se]C(c2ccccc2)=C1. The first-order valence-corrected chi connectivity index (χ1v) is 15.4. The number of hydrogen-bond donors (Lipinski definition) is 0. The summed E-state index contributed by atoms with van der Waals surface area (Å²) in [7, 11) is 0. The third kappa shape index (κ3) is 5.09. The van der Waals surface area contributed by atoms with Crippen LogP contribution in [0.3, 0.4) is 0 Å². The fourth-order valence-electron chi connectivity index (χ4n) is 4.32. The van der Waals surface area contributed by atoms with Gasteiger partial charge in [0.2, 0.25) is 0 Å². The Hall–Kier alpha value is -3.38. The molecule has 0 atom stereocenters. The Balaban J connectivity index is 1.55. The Kier molecular flexibility index (Phi) is 6.85. The molecule has 0 radical (unpaired) electrons. The number of rotatable bonds is 4. The van der Waals surface area contributed by atoms with Gasteiger partial charge in [0.15, 0.2) is 0 Å². The van der Waals surface area contributed by atoms with Gasteiger partial charge in [0, 0.05) is 0 Å². The van der Waals surface area contributed by atoms with Crippen LogP contribution in [0, 0.1) is 0 Å². The van der Waals surface area contributed by atoms with E-state index >= 15 is 0 Å². The summed E-state index contributed by atoms with van der Waals surface area (Å²) in [5.74, 6) is 0. The molecule has 0 fully saturated rings. The van der Waals surface area contributed by atoms with Crippen LogP contribution < -0.4 is 0 Å². The summed E-state index contributed by atoms with van der Waals surface area (Å²) < 4.78 is 5.69. The fraction of sp³-hybridized carbons (Fsp3) is 0. The maximum atomic E-state index is 2.42. The molecule has 0 N–H and O–H groups in total. The van der Waals surface area contributed by atoms with Crippen molar-refractivity contribution < 1.29 is 0 Å². The quantitative estimate of drug-likeness (QED) is 0.212. The van der Waals surface area contributed by atoms with Gasteiger partial charge in [0.05, 0.1) is 0 Å². The van der Waals surface area contributed by atoms with Gasteiger partial charge < -0.3 is 0 Å². The molecular formula is C34H24Se2. The monoisotopic (exact) mass is 592 g/mol. The van der Waals surface area contributed by atoms with Gasteiger partial charge in [-0.1, -0.05) is 0 Å². The van der Waals surface area contributed by atoms with Crippen molar-refractivity contribution in [3.63, 3.8) is 0 Å². The van der Waals surface area contributed by atoms with E-state index in [9.17, 15) is 0 Å². The van der Waals surface area contributed by atoms with Crippen LogP contribution in [0.25, 0.3) is 17.9 Å². The second-order valence-corrected chi connectivity index (χ2v) is 13.2. The van der Waals surface area contributed by atoms with Crippen molar-refractivity contribution in [2.24, 2.45) is 0 Å². The molecule has 0 aromatic heterocycles. The predicted octanol–water partition coefficient (Wildman–Crippen LogP) is 7.88. The summed E-state index contributed by atoms with van der Waals surface area (Å²) in [5.41, 5.74) is 7.85. The Morgan fingerprint density at radius 2 is 0.500 bits per heavy atom. The van der Waals surface area contributed by atoms with Crippen LogP contribution >= 0.6 is 0 Å². The molecule has 0 saturated carbocycles. The molecule has 2 aliphatic rings. The average Bonchev–Trinajstić information content (AvgIpc) is 2.98. The third-order valence-corrected chi connectivity index (χ3v) is 11.0. The second-order valence-electron chi connectivity index (χ2n) is 8.61. The van der Waals surface area contributed by atoms with Crippen molar-refractivity contribution in [3.05, 3.63) is 179 Å². The van der Waals surface area contributed by atoms with Gasteiger partial charge in [-0.2, -0.15) is 0 Å². The number of benzene rings is 4. The van der Waals surface area contributed by atoms with E-state index in [1.165, 1.54) is 51.3 Å². The molecule has 4 aromatic carbocycles. The molecule has 0 unspecified atom stereocenters. The Morgan fingerprint density at radius 1 is 0.278 bits per heavy atom. The summed E-state index contributed by atoms with van der Waals surface area (Å²) in [6.45, 7) is 0. The fourth-order valence-corrected chi connectivity index (χ4v) is 9.00. The molecule has 36 heavy (non-hydrogen) atoms. The van der Waals surface area contributed by atoms with Crippen LogP contribution in [0.1, 0.15) is 22.3 Å². The summed E-state index contributed by atoms with van der Waals surface area (Å²) in [5, 5.41) is 0. The van der Waals surface area contributed by atoms with Crippen LogP contribution in [0.15, 0.2) is 157 Å². The van der Waals surface area contributed by atoms with E-state index < -0.39 is 0 Å². The molecule has 0 aliphatic carbocycles. The van der Waals surface area contributed by atoms with Gasteiger partial charge in [-0.15, -0.1) is 0 Å². The molecule has 0 amide bonds. The van der Waals surface area contributed by atoms with Crippen molar-refractivity contribution in [1.29, 1.82) is 0 Å². The van der Waals surface area contributed by atoms with Crippen LogP contribution in [0.5, 0.6) is 0 Å². The molecule has 2 heterocycles. The molecule has 6 rings (SSSR count). The van der Waals surface area contributed by atoms with Gasteiger partial charge in [0.25, 0.3) is 0 Å². The normalized spacial score (nSPS) is 15.6. The maximum absolute atomic E-state index is 2.42. The van der Waals surface area contributed by atoms with Gasteiger partial charge in [-0.05, 0) is 0 Å². The van der Waals surface area contributed by atoms with Gasteiger partial charge in [-0.3, -0.25) is 0 Å². The van der Waals surface area contributed by atoms with Gasteiger partial charge in [0.1, 0.15) is 0 Å². The Morgan fingerprint density at radius 3 is 0.722 bits per heavy atom. The minimum absolute atomic E-state index is 0.239. The molecule has 2 heteroatoms. The first kappa shape index (κ1) is 23.0. The second kappa shape index (κ2) is 10.7. The van der Waals surface area contributed by atoms with E-state index in [-0.39, 0.29) is 29.9 Å². The molecular weight excluding hydrogens is 566 g/mol. The standard InChI is InChI=1S/C34H24Se2/c1-5-13-25(14-6-1)31-21-29(22-32(35-31)26-15-7-2-8-16-26)30-23-33(27-17-9-3-10-18-27)36-34(24-30)28-19-11-4-12-20-28/h1-24H. The zero-order chi connectivity index (χ0) is 24.2. The topological polar surface area (TPSA) is 0 Å². The van der Waals surface area contributed by atoms with E-state index in [1.54, 1.807) is 0 Å². The number of allylic oxidation sites excluding steroid dienone is 6. The molecule has 0 nitrogen and oxygen atoms in total. The molecule has 0 bridgehead atoms. The molecule has 0 spiro atoms. The minimum atomic E-state index is 0.239. The van der Waals surface area contributed by atoms with Crippen LogP contribution in [0.4, 0.5) is 0 Å². The first-order valence-electron chi connectivity index (χ1n) is 12.0. The van der Waals surface area contributed by atoms with Crippen molar-refractivity contribution in [3.8, 4) is 0 Å². The first-order chi connectivity index (χ1) is 17.8. The van der Waals surface area contributed by atoms with Crippen LogP contribution in [-0.4, -0.2) is 29.9 Å². The van der Waals surface area contributed by atoms with Crippen molar-refractivity contribution >= 4 is 47.8 Å². The van der Waals surface area contributed by atoms with E-state index in [4.69, 9.17) is 0 Å². The van der Waals surface area contributed by atoms with Gasteiger partial charge >= 0.3 is 227 Å². The van der Waals surface area contributed by atoms with Crippen molar-refractivity contribution in [1.82, 2.24) is 0 Å². The zero-order valence-corrected chi connectivity index (χ0v) is 23.1. The zero-order valence-electron chi connectivity index (χ0n) is 19.7. The summed E-state index contributed by atoms with van der Waals surface area (Å²) in [4.78, 5) is 0. The molecule has 0 saturated heterocycles. The molecule has 2 aliphatic heterocycles. The van der Waals surface area contributed by atoms with Crippen LogP contribution in [0.2, 0.25) is 0 Å². The van der Waals surface area contributed by atoms with Crippen molar-refractivity contribution in [2.45, 2.75) is 0 Å². The summed E-state index contributed by atoms with van der Waals surface area (Å²) in [6, 6.07) is 43.5. The van der Waals surface area contributed by atoms with E-state index in [2.05, 4.69) is 146 Å². The Bertz CT molecular complexity index is 1290. The predicted molar refractivity (Wildman–Crippen MR) is 156 cm³/mol. The average molecular weight is 590 g/mol.